The van der Waals surface area contributed by atoms with Gasteiger partial charge in [-0.2, -0.15) is 0 Å². The van der Waals surface area contributed by atoms with E-state index >= 15 is 0 Å². The number of ether oxygens (including phenoxy) is 2. The second-order valence-electron chi connectivity index (χ2n) is 7.57. The highest BCUT2D eigenvalue weighted by atomic mass is 79.9. The van der Waals surface area contributed by atoms with Crippen molar-refractivity contribution < 1.29 is 24.8 Å². The molecule has 2 aliphatic rings. The van der Waals surface area contributed by atoms with E-state index in [1.54, 1.807) is 0 Å². The summed E-state index contributed by atoms with van der Waals surface area (Å²) in [6.45, 7) is 1.43. The summed E-state index contributed by atoms with van der Waals surface area (Å²) in [7, 11) is 0. The molecule has 156 valence electrons. The number of thioether (sulfide) groups is 1. The molecule has 7 heteroatoms. The minimum Gasteiger partial charge on any atom is -0.387 e. The minimum atomic E-state index is -1.25. The number of hydrogen-bond donors (Lipinski definition) is 3. The van der Waals surface area contributed by atoms with Crippen LogP contribution in [0.5, 0.6) is 0 Å². The maximum Gasteiger partial charge on any atom is 0.132 e. The molecule has 2 heterocycles. The molecule has 0 aromatic heterocycles. The lowest BCUT2D eigenvalue weighted by molar-refractivity contribution is -0.200. The van der Waals surface area contributed by atoms with E-state index in [4.69, 9.17) is 9.47 Å². The van der Waals surface area contributed by atoms with Crippen LogP contribution in [0.1, 0.15) is 33.9 Å². The van der Waals surface area contributed by atoms with Crippen molar-refractivity contribution in [3.8, 4) is 0 Å². The Hall–Kier alpha value is -0.930. The van der Waals surface area contributed by atoms with Crippen molar-refractivity contribution in [2.45, 2.75) is 49.3 Å². The maximum atomic E-state index is 10.5. The average Bonchev–Trinajstić information content (AvgIpc) is 2.74. The summed E-state index contributed by atoms with van der Waals surface area (Å²) >= 11 is 4.94. The lowest BCUT2D eigenvalue weighted by atomic mass is 9.92. The zero-order valence-electron chi connectivity index (χ0n) is 16.1. The largest absolute Gasteiger partial charge is 0.387 e. The van der Waals surface area contributed by atoms with Crippen LogP contribution in [0.25, 0.3) is 0 Å². The molecule has 1 saturated heterocycles. The summed E-state index contributed by atoms with van der Waals surface area (Å²) in [5, 5.41) is 30.8. The molecule has 4 rings (SSSR count). The Morgan fingerprint density at radius 1 is 1.03 bits per heavy atom. The normalized spacial score (nSPS) is 29.5. The standard InChI is InChI=1S/C22H25BrO5S/c1-29-22-20(26)18(24)19(25)21(28-22)14-4-5-17(23)15(10-14)8-12-2-3-13-6-7-27-11-16(13)9-12/h2-5,9-10,18-22,24-26H,6-8,11H2,1H3/t18-,19-,20+,21+,22-/m1/s1. The van der Waals surface area contributed by atoms with Gasteiger partial charge in [0.2, 0.25) is 0 Å². The van der Waals surface area contributed by atoms with Crippen molar-refractivity contribution in [1.29, 1.82) is 0 Å². The van der Waals surface area contributed by atoms with Gasteiger partial charge in [0.05, 0.1) is 13.2 Å². The fourth-order valence-electron chi connectivity index (χ4n) is 3.98. The first kappa shape index (κ1) is 21.3. The Bertz CT molecular complexity index is 874. The molecule has 2 aliphatic heterocycles. The zero-order valence-corrected chi connectivity index (χ0v) is 18.5. The van der Waals surface area contributed by atoms with Crippen LogP contribution in [0.3, 0.4) is 0 Å². The second-order valence-corrected chi connectivity index (χ2v) is 9.36. The Balaban J connectivity index is 1.59. The molecule has 29 heavy (non-hydrogen) atoms. The van der Waals surface area contributed by atoms with E-state index in [1.807, 2.05) is 24.5 Å². The molecule has 2 aromatic rings. The van der Waals surface area contributed by atoms with Crippen LogP contribution in [-0.2, 0) is 28.9 Å². The number of aliphatic hydroxyl groups is 3. The summed E-state index contributed by atoms with van der Waals surface area (Å²) in [6.07, 6.45) is -0.777. The van der Waals surface area contributed by atoms with Crippen LogP contribution in [0, 0.1) is 0 Å². The van der Waals surface area contributed by atoms with Gasteiger partial charge in [-0.15, -0.1) is 11.8 Å². The lowest BCUT2D eigenvalue weighted by Gasteiger charge is -2.40. The molecule has 0 saturated carbocycles. The molecule has 0 aliphatic carbocycles. The Kier molecular flexibility index (Phi) is 6.65. The molecule has 2 aromatic carbocycles. The molecule has 0 radical (unpaired) electrons. The van der Waals surface area contributed by atoms with Crippen molar-refractivity contribution in [1.82, 2.24) is 0 Å². The van der Waals surface area contributed by atoms with Crippen molar-refractivity contribution in [3.05, 3.63) is 68.7 Å². The Morgan fingerprint density at radius 2 is 1.86 bits per heavy atom. The zero-order chi connectivity index (χ0) is 20.5. The first-order valence-corrected chi connectivity index (χ1v) is 11.7. The van der Waals surface area contributed by atoms with Crippen molar-refractivity contribution in [2.24, 2.45) is 0 Å². The molecular formula is C22H25BrO5S. The van der Waals surface area contributed by atoms with E-state index in [0.717, 1.165) is 35.0 Å². The smallest absolute Gasteiger partial charge is 0.132 e. The maximum absolute atomic E-state index is 10.5. The molecule has 5 nitrogen and oxygen atoms in total. The number of benzene rings is 2. The van der Waals surface area contributed by atoms with Crippen LogP contribution < -0.4 is 0 Å². The second kappa shape index (κ2) is 9.06. The fourth-order valence-corrected chi connectivity index (χ4v) is 5.03. The first-order valence-electron chi connectivity index (χ1n) is 9.67. The van der Waals surface area contributed by atoms with Crippen LogP contribution in [0.15, 0.2) is 40.9 Å². The molecule has 5 atom stereocenters. The number of hydrogen-bond acceptors (Lipinski definition) is 6. The third-order valence-corrected chi connectivity index (χ3v) is 7.27. The summed E-state index contributed by atoms with van der Waals surface area (Å²) in [6, 6.07) is 12.3. The average molecular weight is 481 g/mol. The topological polar surface area (TPSA) is 79.2 Å². The van der Waals surface area contributed by atoms with Crippen LogP contribution in [-0.4, -0.2) is 51.9 Å². The summed E-state index contributed by atoms with van der Waals surface area (Å²) in [4.78, 5) is 0. The van der Waals surface area contributed by atoms with Gasteiger partial charge in [-0.05, 0) is 53.0 Å². The highest BCUT2D eigenvalue weighted by Crippen LogP contribution is 2.37. The predicted molar refractivity (Wildman–Crippen MR) is 116 cm³/mol. The van der Waals surface area contributed by atoms with E-state index < -0.39 is 29.9 Å². The van der Waals surface area contributed by atoms with Crippen molar-refractivity contribution in [2.75, 3.05) is 12.9 Å². The van der Waals surface area contributed by atoms with Gasteiger partial charge in [0.1, 0.15) is 29.9 Å². The van der Waals surface area contributed by atoms with Gasteiger partial charge < -0.3 is 24.8 Å². The molecule has 0 bridgehead atoms. The molecule has 0 amide bonds. The Morgan fingerprint density at radius 3 is 2.66 bits per heavy atom. The summed E-state index contributed by atoms with van der Waals surface area (Å²) < 4.78 is 12.5. The molecule has 1 fully saturated rings. The molecule has 0 spiro atoms. The van der Waals surface area contributed by atoms with Gasteiger partial charge in [0.25, 0.3) is 0 Å². The van der Waals surface area contributed by atoms with Crippen LogP contribution >= 0.6 is 27.7 Å². The minimum absolute atomic E-state index is 0.592. The highest BCUT2D eigenvalue weighted by Gasteiger charge is 2.44. The number of fused-ring (bicyclic) bond motifs is 1. The number of aliphatic hydroxyl groups excluding tert-OH is 3. The van der Waals surface area contributed by atoms with Gasteiger partial charge in [0.15, 0.2) is 0 Å². The fraction of sp³-hybridized carbons (Fsp3) is 0.455. The summed E-state index contributed by atoms with van der Waals surface area (Å²) in [5.74, 6) is 0. The Labute approximate surface area is 183 Å². The van der Waals surface area contributed by atoms with Gasteiger partial charge in [-0.1, -0.05) is 46.3 Å². The highest BCUT2D eigenvalue weighted by molar-refractivity contribution is 9.10. The molecule has 3 N–H and O–H groups in total. The molecular weight excluding hydrogens is 456 g/mol. The van der Waals surface area contributed by atoms with E-state index in [-0.39, 0.29) is 0 Å². The van der Waals surface area contributed by atoms with Crippen LogP contribution in [0.2, 0.25) is 0 Å². The van der Waals surface area contributed by atoms with Gasteiger partial charge >= 0.3 is 0 Å². The number of halogens is 1. The van der Waals surface area contributed by atoms with E-state index in [2.05, 4.69) is 34.1 Å². The van der Waals surface area contributed by atoms with E-state index in [1.165, 1.54) is 28.5 Å². The monoisotopic (exact) mass is 480 g/mol. The van der Waals surface area contributed by atoms with Crippen molar-refractivity contribution >= 4 is 27.7 Å². The SMILES string of the molecule is CS[C@H]1O[C@@H](c2ccc(Br)c(Cc3ccc4c(c3)COCC4)c2)[C@H](O)[C@@H](O)[C@@H]1O. The van der Waals surface area contributed by atoms with Gasteiger partial charge in [0, 0.05) is 4.47 Å². The molecule has 0 unspecified atom stereocenters. The lowest BCUT2D eigenvalue weighted by Crippen LogP contribution is -2.52. The van der Waals surface area contributed by atoms with Gasteiger partial charge in [-0.3, -0.25) is 0 Å². The predicted octanol–water partition coefficient (Wildman–Crippen LogP) is 2.96. The first-order chi connectivity index (χ1) is 14.0. The third-order valence-electron chi connectivity index (χ3n) is 5.64. The summed E-state index contributed by atoms with van der Waals surface area (Å²) in [5.41, 5.74) is 5.04. The quantitative estimate of drug-likeness (QED) is 0.624. The van der Waals surface area contributed by atoms with Crippen molar-refractivity contribution in [3.63, 3.8) is 0 Å². The number of rotatable bonds is 4. The third kappa shape index (κ3) is 4.42. The van der Waals surface area contributed by atoms with E-state index in [9.17, 15) is 15.3 Å². The van der Waals surface area contributed by atoms with Gasteiger partial charge in [-0.25, -0.2) is 0 Å². The van der Waals surface area contributed by atoms with Crippen LogP contribution in [0.4, 0.5) is 0 Å². The van der Waals surface area contributed by atoms with E-state index in [0.29, 0.717) is 6.61 Å².